The Balaban J connectivity index is 2.21. The van der Waals surface area contributed by atoms with E-state index in [-0.39, 0.29) is 29.0 Å². The maximum absolute atomic E-state index is 13.1. The van der Waals surface area contributed by atoms with Gasteiger partial charge in [-0.2, -0.15) is 0 Å². The first-order valence-electron chi connectivity index (χ1n) is 10.2. The number of carbonyl (C=O) groups is 2. The molecule has 5 nitrogen and oxygen atoms in total. The van der Waals surface area contributed by atoms with Crippen molar-refractivity contribution in [2.45, 2.75) is 72.0 Å². The van der Waals surface area contributed by atoms with Crippen LogP contribution in [0.2, 0.25) is 0 Å². The van der Waals surface area contributed by atoms with Crippen molar-refractivity contribution in [3.05, 3.63) is 12.7 Å². The van der Waals surface area contributed by atoms with Crippen LogP contribution < -0.4 is 0 Å². The fourth-order valence-corrected chi connectivity index (χ4v) is 6.70. The van der Waals surface area contributed by atoms with E-state index in [1.165, 1.54) is 0 Å². The van der Waals surface area contributed by atoms with Crippen LogP contribution in [0.25, 0.3) is 0 Å². The first kappa shape index (κ1) is 20.5. The van der Waals surface area contributed by atoms with Gasteiger partial charge in [-0.3, -0.25) is 4.79 Å². The van der Waals surface area contributed by atoms with Crippen LogP contribution in [0, 0.1) is 34.0 Å². The molecule has 3 saturated carbocycles. The Morgan fingerprint density at radius 2 is 2.00 bits per heavy atom. The van der Waals surface area contributed by atoms with Gasteiger partial charge in [-0.25, -0.2) is 4.79 Å². The van der Waals surface area contributed by atoms with Gasteiger partial charge in [0.2, 0.25) is 0 Å². The van der Waals surface area contributed by atoms with Crippen molar-refractivity contribution in [2.24, 2.45) is 34.0 Å². The molecule has 0 aromatic heterocycles. The molecule has 0 heterocycles. The van der Waals surface area contributed by atoms with Crippen molar-refractivity contribution in [3.63, 3.8) is 0 Å². The molecular weight excluding hydrogens is 344 g/mol. The monoisotopic (exact) mass is 378 g/mol. The molecule has 0 spiro atoms. The fraction of sp³-hybridized carbons (Fsp3) is 0.818. The van der Waals surface area contributed by atoms with Crippen LogP contribution in [-0.4, -0.2) is 40.8 Å². The molecule has 3 rings (SSSR count). The third kappa shape index (κ3) is 2.72. The second kappa shape index (κ2) is 6.70. The lowest BCUT2D eigenvalue weighted by Crippen LogP contribution is -2.63. The van der Waals surface area contributed by atoms with Crippen LogP contribution >= 0.6 is 0 Å². The first-order valence-corrected chi connectivity index (χ1v) is 10.2. The number of aliphatic hydroxyl groups is 2. The second-order valence-electron chi connectivity index (χ2n) is 9.72. The highest BCUT2D eigenvalue weighted by molar-refractivity contribution is 5.85. The van der Waals surface area contributed by atoms with Crippen molar-refractivity contribution in [1.29, 1.82) is 0 Å². The highest BCUT2D eigenvalue weighted by Crippen LogP contribution is 2.67. The van der Waals surface area contributed by atoms with Gasteiger partial charge in [-0.1, -0.05) is 33.8 Å². The van der Waals surface area contributed by atoms with Crippen LogP contribution in [0.15, 0.2) is 12.7 Å². The minimum Gasteiger partial charge on any atom is -0.460 e. The molecule has 0 amide bonds. The molecular formula is C22H34O5. The summed E-state index contributed by atoms with van der Waals surface area (Å²) in [5.41, 5.74) is -1.43. The third-order valence-corrected chi connectivity index (χ3v) is 8.70. The van der Waals surface area contributed by atoms with Gasteiger partial charge >= 0.3 is 5.97 Å². The van der Waals surface area contributed by atoms with Crippen molar-refractivity contribution >= 4 is 11.8 Å². The fourth-order valence-electron chi connectivity index (χ4n) is 6.70. The van der Waals surface area contributed by atoms with Crippen LogP contribution in [-0.2, 0) is 14.3 Å². The van der Waals surface area contributed by atoms with E-state index in [1.807, 2.05) is 6.92 Å². The van der Waals surface area contributed by atoms with E-state index in [9.17, 15) is 19.8 Å². The predicted octanol–water partition coefficient (Wildman–Crippen LogP) is 2.89. The van der Waals surface area contributed by atoms with Gasteiger partial charge < -0.3 is 14.9 Å². The van der Waals surface area contributed by atoms with Crippen molar-refractivity contribution in [1.82, 2.24) is 0 Å². The second-order valence-corrected chi connectivity index (χ2v) is 9.72. The average Bonchev–Trinajstić information content (AvgIpc) is 3.00. The molecule has 0 saturated heterocycles. The maximum Gasteiger partial charge on any atom is 0.332 e. The standard InChI is InChI=1S/C22H34O5/c1-6-20(4)11-16(27-17(25)12-23)21(5)13(2)7-9-22(14(3)19(20)26)10-8-15(24)18(21)22/h6,13-14,16,18-19,23,26H,1,7-12H2,2-5H3/t13-,14-,16-,18+,19-,20+,21+,22-/m1/s1. The molecule has 3 fully saturated rings. The zero-order valence-electron chi connectivity index (χ0n) is 17.0. The van der Waals surface area contributed by atoms with Gasteiger partial charge in [-0.15, -0.1) is 6.58 Å². The highest BCUT2D eigenvalue weighted by atomic mass is 16.6. The Labute approximate surface area is 162 Å². The summed E-state index contributed by atoms with van der Waals surface area (Å²) in [4.78, 5) is 25.2. The van der Waals surface area contributed by atoms with Gasteiger partial charge in [0.15, 0.2) is 0 Å². The zero-order valence-corrected chi connectivity index (χ0v) is 17.0. The molecule has 3 aliphatic rings. The van der Waals surface area contributed by atoms with Crippen molar-refractivity contribution < 1.29 is 24.5 Å². The van der Waals surface area contributed by atoms with Gasteiger partial charge in [0.25, 0.3) is 0 Å². The summed E-state index contributed by atoms with van der Waals surface area (Å²) in [6.45, 7) is 11.5. The molecule has 2 bridgehead atoms. The van der Waals surface area contributed by atoms with E-state index >= 15 is 0 Å². The Morgan fingerprint density at radius 3 is 2.59 bits per heavy atom. The maximum atomic E-state index is 13.1. The molecule has 27 heavy (non-hydrogen) atoms. The van der Waals surface area contributed by atoms with Crippen molar-refractivity contribution in [2.75, 3.05) is 6.61 Å². The van der Waals surface area contributed by atoms with Gasteiger partial charge in [0.05, 0.1) is 6.10 Å². The van der Waals surface area contributed by atoms with Gasteiger partial charge in [0.1, 0.15) is 18.5 Å². The minimum absolute atomic E-state index is 0.0433. The van der Waals surface area contributed by atoms with Crippen LogP contribution in [0.3, 0.4) is 0 Å². The van der Waals surface area contributed by atoms with E-state index in [4.69, 9.17) is 4.74 Å². The zero-order chi connectivity index (χ0) is 20.2. The number of aliphatic hydroxyl groups excluding tert-OH is 2. The lowest BCUT2D eigenvalue weighted by molar-refractivity contribution is -0.207. The van der Waals surface area contributed by atoms with E-state index in [0.717, 1.165) is 19.3 Å². The van der Waals surface area contributed by atoms with E-state index in [2.05, 4.69) is 27.4 Å². The molecule has 0 aliphatic heterocycles. The number of Topliss-reactive ketones (excluding diaryl/α,β-unsaturated/α-hetero) is 1. The molecule has 0 unspecified atom stereocenters. The lowest BCUT2D eigenvalue weighted by atomic mass is 9.44. The highest BCUT2D eigenvalue weighted by Gasteiger charge is 2.68. The van der Waals surface area contributed by atoms with Crippen LogP contribution in [0.4, 0.5) is 0 Å². The summed E-state index contributed by atoms with van der Waals surface area (Å²) in [5.74, 6) is -0.520. The average molecular weight is 379 g/mol. The molecule has 2 N–H and O–H groups in total. The Morgan fingerprint density at radius 1 is 1.33 bits per heavy atom. The number of carbonyl (C=O) groups excluding carboxylic acids is 2. The summed E-state index contributed by atoms with van der Waals surface area (Å²) in [5, 5.41) is 20.6. The minimum atomic E-state index is -0.686. The number of hydrogen-bond acceptors (Lipinski definition) is 5. The SMILES string of the molecule is C=C[C@@]1(C)C[C@@H](OC(=O)CO)[C@]2(C)[C@H](C)CC[C@@]3(CCC(=O)[C@H]32)[C@H](C)[C@H]1O. The van der Waals surface area contributed by atoms with Crippen LogP contribution in [0.5, 0.6) is 0 Å². The van der Waals surface area contributed by atoms with E-state index < -0.39 is 35.6 Å². The quantitative estimate of drug-likeness (QED) is 0.583. The normalized spacial score (nSPS) is 49.7. The first-order chi connectivity index (χ1) is 12.6. The van der Waals surface area contributed by atoms with Crippen LogP contribution in [0.1, 0.15) is 59.8 Å². The largest absolute Gasteiger partial charge is 0.460 e. The third-order valence-electron chi connectivity index (χ3n) is 8.70. The predicted molar refractivity (Wildman–Crippen MR) is 102 cm³/mol. The Hall–Kier alpha value is -1.20. The molecule has 152 valence electrons. The molecule has 3 aliphatic carbocycles. The molecule has 0 aromatic rings. The lowest BCUT2D eigenvalue weighted by Gasteiger charge is -2.61. The molecule has 0 aromatic carbocycles. The smallest absolute Gasteiger partial charge is 0.332 e. The summed E-state index contributed by atoms with van der Waals surface area (Å²) < 4.78 is 5.77. The topological polar surface area (TPSA) is 83.8 Å². The Kier molecular flexibility index (Phi) is 5.09. The number of rotatable bonds is 3. The molecule has 8 atom stereocenters. The summed E-state index contributed by atoms with van der Waals surface area (Å²) in [6.07, 6.45) is 4.10. The molecule has 5 heteroatoms. The number of ketones is 1. The van der Waals surface area contributed by atoms with Gasteiger partial charge in [0, 0.05) is 23.2 Å². The van der Waals surface area contributed by atoms with Gasteiger partial charge in [-0.05, 0) is 42.9 Å². The van der Waals surface area contributed by atoms with Crippen molar-refractivity contribution in [3.8, 4) is 0 Å². The number of esters is 1. The number of ether oxygens (including phenoxy) is 1. The summed E-state index contributed by atoms with van der Waals surface area (Å²) in [6, 6.07) is 0. The molecule has 0 radical (unpaired) electrons. The van der Waals surface area contributed by atoms with E-state index in [0.29, 0.717) is 12.8 Å². The summed E-state index contributed by atoms with van der Waals surface area (Å²) >= 11 is 0. The van der Waals surface area contributed by atoms with E-state index in [1.54, 1.807) is 6.08 Å². The number of hydrogen-bond donors (Lipinski definition) is 2. The Bertz CT molecular complexity index is 645. The summed E-state index contributed by atoms with van der Waals surface area (Å²) in [7, 11) is 0.